The first-order valence-electron chi connectivity index (χ1n) is 8.23. The molecule has 3 aromatic rings. The van der Waals surface area contributed by atoms with E-state index < -0.39 is 5.25 Å². The lowest BCUT2D eigenvalue weighted by Crippen LogP contribution is -2.31. The van der Waals surface area contributed by atoms with Crippen molar-refractivity contribution in [3.8, 4) is 0 Å². The van der Waals surface area contributed by atoms with Crippen LogP contribution in [0.4, 0.5) is 5.69 Å². The molecule has 1 unspecified atom stereocenters. The molecule has 1 aliphatic heterocycles. The Morgan fingerprint density at radius 1 is 1.08 bits per heavy atom. The predicted molar refractivity (Wildman–Crippen MR) is 98.2 cm³/mol. The third kappa shape index (κ3) is 2.76. The van der Waals surface area contributed by atoms with Crippen LogP contribution in [0.3, 0.4) is 0 Å². The molecule has 3 heterocycles. The standard InChI is InChI=1S/C18H17N5O2S/c1-10-4-6-13(7-5-10)23-15(24)9-14(16(23)25)26-18-21-20-17-19-11(2)8-12(3)22(17)18/h4-8,14H,9H2,1-3H3. The van der Waals surface area contributed by atoms with Gasteiger partial charge in [-0.15, -0.1) is 10.2 Å². The van der Waals surface area contributed by atoms with Crippen LogP contribution in [0, 0.1) is 20.8 Å². The Balaban J connectivity index is 1.63. The minimum atomic E-state index is -0.517. The summed E-state index contributed by atoms with van der Waals surface area (Å²) < 4.78 is 1.81. The molecule has 1 saturated heterocycles. The summed E-state index contributed by atoms with van der Waals surface area (Å²) in [6, 6.07) is 9.29. The van der Waals surface area contributed by atoms with E-state index in [0.717, 1.165) is 17.0 Å². The highest BCUT2D eigenvalue weighted by Crippen LogP contribution is 2.33. The van der Waals surface area contributed by atoms with Crippen LogP contribution in [0.25, 0.3) is 5.78 Å². The monoisotopic (exact) mass is 367 g/mol. The van der Waals surface area contributed by atoms with Crippen LogP contribution in [0.5, 0.6) is 0 Å². The number of rotatable bonds is 3. The zero-order chi connectivity index (χ0) is 18.4. The van der Waals surface area contributed by atoms with Crippen LogP contribution in [-0.2, 0) is 9.59 Å². The third-order valence-corrected chi connectivity index (χ3v) is 5.44. The zero-order valence-corrected chi connectivity index (χ0v) is 15.4. The quantitative estimate of drug-likeness (QED) is 0.662. The van der Waals surface area contributed by atoms with Crippen LogP contribution in [0.1, 0.15) is 23.4 Å². The van der Waals surface area contributed by atoms with E-state index in [4.69, 9.17) is 0 Å². The van der Waals surface area contributed by atoms with Gasteiger partial charge in [0, 0.05) is 17.8 Å². The third-order valence-electron chi connectivity index (χ3n) is 4.31. The molecule has 0 saturated carbocycles. The smallest absolute Gasteiger partial charge is 0.256 e. The molecule has 1 aliphatic rings. The summed E-state index contributed by atoms with van der Waals surface area (Å²) >= 11 is 1.26. The maximum Gasteiger partial charge on any atom is 0.256 e. The fraction of sp³-hybridized carbons (Fsp3) is 0.278. The number of carbonyl (C=O) groups excluding carboxylic acids is 2. The number of aryl methyl sites for hydroxylation is 3. The van der Waals surface area contributed by atoms with Crippen molar-refractivity contribution in [3.63, 3.8) is 0 Å². The van der Waals surface area contributed by atoms with Gasteiger partial charge >= 0.3 is 0 Å². The van der Waals surface area contributed by atoms with E-state index in [0.29, 0.717) is 16.6 Å². The fourth-order valence-corrected chi connectivity index (χ4v) is 4.17. The number of carbonyl (C=O) groups is 2. The average molecular weight is 367 g/mol. The molecular weight excluding hydrogens is 350 g/mol. The van der Waals surface area contributed by atoms with Crippen molar-refractivity contribution >= 4 is 35.0 Å². The molecule has 1 fully saturated rings. The number of benzene rings is 1. The molecule has 2 aromatic heterocycles. The highest BCUT2D eigenvalue weighted by molar-refractivity contribution is 8.00. The van der Waals surface area contributed by atoms with E-state index in [2.05, 4.69) is 15.2 Å². The van der Waals surface area contributed by atoms with Gasteiger partial charge in [0.05, 0.1) is 5.69 Å². The summed E-state index contributed by atoms with van der Waals surface area (Å²) in [5, 5.41) is 8.30. The molecule has 2 amide bonds. The van der Waals surface area contributed by atoms with Gasteiger partial charge in [-0.1, -0.05) is 29.5 Å². The number of fused-ring (bicyclic) bond motifs is 1. The first-order valence-corrected chi connectivity index (χ1v) is 9.11. The summed E-state index contributed by atoms with van der Waals surface area (Å²) in [6.45, 7) is 5.80. The summed E-state index contributed by atoms with van der Waals surface area (Å²) in [5.74, 6) is 0.0753. The van der Waals surface area contributed by atoms with Gasteiger partial charge in [-0.05, 0) is 39.0 Å². The first-order chi connectivity index (χ1) is 12.4. The molecule has 26 heavy (non-hydrogen) atoms. The van der Waals surface area contributed by atoms with E-state index >= 15 is 0 Å². The van der Waals surface area contributed by atoms with E-state index in [9.17, 15) is 9.59 Å². The largest absolute Gasteiger partial charge is 0.274 e. The lowest BCUT2D eigenvalue weighted by molar-refractivity contribution is -0.121. The number of amides is 2. The lowest BCUT2D eigenvalue weighted by Gasteiger charge is -2.15. The number of hydrogen-bond donors (Lipinski definition) is 0. The summed E-state index contributed by atoms with van der Waals surface area (Å²) in [6.07, 6.45) is 0.143. The molecule has 1 aromatic carbocycles. The van der Waals surface area contributed by atoms with Gasteiger partial charge < -0.3 is 0 Å². The molecule has 8 heteroatoms. The van der Waals surface area contributed by atoms with Crippen LogP contribution in [0.15, 0.2) is 35.5 Å². The van der Waals surface area contributed by atoms with Crippen molar-refractivity contribution < 1.29 is 9.59 Å². The van der Waals surface area contributed by atoms with Gasteiger partial charge in [-0.25, -0.2) is 9.88 Å². The Morgan fingerprint density at radius 2 is 1.81 bits per heavy atom. The van der Waals surface area contributed by atoms with Crippen molar-refractivity contribution in [2.45, 2.75) is 37.6 Å². The van der Waals surface area contributed by atoms with Gasteiger partial charge in [0.2, 0.25) is 11.8 Å². The average Bonchev–Trinajstić information content (AvgIpc) is 3.10. The van der Waals surface area contributed by atoms with Gasteiger partial charge in [0.1, 0.15) is 5.25 Å². The number of aromatic nitrogens is 4. The van der Waals surface area contributed by atoms with Crippen LogP contribution in [0.2, 0.25) is 0 Å². The number of thioether (sulfide) groups is 1. The molecular formula is C18H17N5O2S. The van der Waals surface area contributed by atoms with Crippen molar-refractivity contribution in [2.24, 2.45) is 0 Å². The molecule has 132 valence electrons. The molecule has 4 rings (SSSR count). The lowest BCUT2D eigenvalue weighted by atomic mass is 10.2. The topological polar surface area (TPSA) is 80.5 Å². The maximum atomic E-state index is 12.8. The number of imide groups is 1. The van der Waals surface area contributed by atoms with Crippen LogP contribution >= 0.6 is 11.8 Å². The molecule has 7 nitrogen and oxygen atoms in total. The normalized spacial score (nSPS) is 17.5. The molecule has 0 bridgehead atoms. The zero-order valence-electron chi connectivity index (χ0n) is 14.6. The van der Waals surface area contributed by atoms with Crippen molar-refractivity contribution in [1.29, 1.82) is 0 Å². The first kappa shape index (κ1) is 16.7. The second-order valence-electron chi connectivity index (χ2n) is 6.37. The Morgan fingerprint density at radius 3 is 2.54 bits per heavy atom. The van der Waals surface area contributed by atoms with Gasteiger partial charge in [-0.2, -0.15) is 0 Å². The SMILES string of the molecule is Cc1ccc(N2C(=O)CC(Sc3nnc4nc(C)cc(C)n34)C2=O)cc1. The van der Waals surface area contributed by atoms with Crippen molar-refractivity contribution in [3.05, 3.63) is 47.3 Å². The minimum absolute atomic E-state index is 0.143. The molecule has 1 atom stereocenters. The van der Waals surface area contributed by atoms with Gasteiger partial charge in [0.15, 0.2) is 5.16 Å². The molecule has 0 N–H and O–H groups in total. The summed E-state index contributed by atoms with van der Waals surface area (Å²) in [5.41, 5.74) is 3.48. The van der Waals surface area contributed by atoms with E-state index in [1.807, 2.05) is 43.4 Å². The highest BCUT2D eigenvalue weighted by atomic mass is 32.2. The number of anilines is 1. The van der Waals surface area contributed by atoms with Gasteiger partial charge in [0.25, 0.3) is 5.78 Å². The summed E-state index contributed by atoms with van der Waals surface area (Å²) in [4.78, 5) is 30.8. The second-order valence-corrected chi connectivity index (χ2v) is 7.54. The van der Waals surface area contributed by atoms with Crippen molar-refractivity contribution in [1.82, 2.24) is 19.6 Å². The van der Waals surface area contributed by atoms with E-state index in [1.54, 1.807) is 12.1 Å². The van der Waals surface area contributed by atoms with E-state index in [-0.39, 0.29) is 18.2 Å². The Labute approximate surface area is 154 Å². The second kappa shape index (κ2) is 6.21. The Hall–Kier alpha value is -2.74. The molecule has 0 spiro atoms. The molecule has 0 aliphatic carbocycles. The number of nitrogens with zero attached hydrogens (tertiary/aromatic N) is 5. The highest BCUT2D eigenvalue weighted by Gasteiger charge is 2.41. The maximum absolute atomic E-state index is 12.8. The van der Waals surface area contributed by atoms with Crippen molar-refractivity contribution in [2.75, 3.05) is 4.90 Å². The van der Waals surface area contributed by atoms with E-state index in [1.165, 1.54) is 16.7 Å². The van der Waals surface area contributed by atoms with Crippen LogP contribution < -0.4 is 4.90 Å². The summed E-state index contributed by atoms with van der Waals surface area (Å²) in [7, 11) is 0. The number of hydrogen-bond acceptors (Lipinski definition) is 6. The molecule has 0 radical (unpaired) electrons. The van der Waals surface area contributed by atoms with Gasteiger partial charge in [-0.3, -0.25) is 14.0 Å². The Kier molecular flexibility index (Phi) is 3.99. The fourth-order valence-electron chi connectivity index (χ4n) is 3.07. The Bertz CT molecular complexity index is 1030. The minimum Gasteiger partial charge on any atom is -0.274 e. The predicted octanol–water partition coefficient (Wildman–Crippen LogP) is 2.47. The van der Waals surface area contributed by atoms with Crippen LogP contribution in [-0.4, -0.2) is 36.6 Å².